The van der Waals surface area contributed by atoms with E-state index in [0.29, 0.717) is 17.1 Å². The summed E-state index contributed by atoms with van der Waals surface area (Å²) in [6.07, 6.45) is 3.79. The molecule has 1 aliphatic rings. The Hall–Kier alpha value is -3.93. The molecular formula is C24H20O6. The number of esters is 1. The average Bonchev–Trinajstić information content (AvgIpc) is 2.72. The molecule has 30 heavy (non-hydrogen) atoms. The predicted molar refractivity (Wildman–Crippen MR) is 112 cm³/mol. The molecule has 6 heteroatoms. The highest BCUT2D eigenvalue weighted by molar-refractivity contribution is 5.82. The minimum Gasteiger partial charge on any atom is -0.508 e. The molecule has 0 unspecified atom stereocenters. The number of methoxy groups -OCH3 is 1. The molecular weight excluding hydrogens is 384 g/mol. The van der Waals surface area contributed by atoms with E-state index in [0.717, 1.165) is 16.7 Å². The van der Waals surface area contributed by atoms with Crippen LogP contribution in [0.5, 0.6) is 28.7 Å². The molecule has 6 nitrogen and oxygen atoms in total. The zero-order valence-electron chi connectivity index (χ0n) is 16.2. The van der Waals surface area contributed by atoms with Crippen molar-refractivity contribution in [2.75, 3.05) is 7.11 Å². The van der Waals surface area contributed by atoms with Crippen molar-refractivity contribution < 1.29 is 29.6 Å². The van der Waals surface area contributed by atoms with Crippen LogP contribution in [0.2, 0.25) is 0 Å². The number of hydrogen-bond donors (Lipinski definition) is 3. The van der Waals surface area contributed by atoms with Crippen molar-refractivity contribution in [3.05, 3.63) is 76.9 Å². The van der Waals surface area contributed by atoms with Gasteiger partial charge in [0, 0.05) is 17.5 Å². The van der Waals surface area contributed by atoms with Gasteiger partial charge in [0.15, 0.2) is 11.5 Å². The van der Waals surface area contributed by atoms with E-state index >= 15 is 0 Å². The Morgan fingerprint density at radius 3 is 2.47 bits per heavy atom. The molecule has 0 aliphatic carbocycles. The normalized spacial score (nSPS) is 15.6. The number of phenols is 3. The summed E-state index contributed by atoms with van der Waals surface area (Å²) in [4.78, 5) is 12.2. The smallest absolute Gasteiger partial charge is 0.312 e. The highest BCUT2D eigenvalue weighted by Gasteiger charge is 2.31. The van der Waals surface area contributed by atoms with E-state index in [1.807, 2.05) is 12.2 Å². The van der Waals surface area contributed by atoms with Crippen molar-refractivity contribution in [2.45, 2.75) is 12.3 Å². The lowest BCUT2D eigenvalue weighted by Crippen LogP contribution is -2.22. The molecule has 1 aliphatic heterocycles. The first-order chi connectivity index (χ1) is 14.4. The Morgan fingerprint density at radius 1 is 0.967 bits per heavy atom. The van der Waals surface area contributed by atoms with E-state index in [1.165, 1.54) is 19.2 Å². The maximum atomic E-state index is 12.2. The fourth-order valence-electron chi connectivity index (χ4n) is 3.63. The summed E-state index contributed by atoms with van der Waals surface area (Å²) in [5.41, 5.74) is 3.10. The molecule has 3 aromatic carbocycles. The van der Waals surface area contributed by atoms with Crippen molar-refractivity contribution in [3.8, 4) is 28.7 Å². The fraction of sp³-hybridized carbons (Fsp3) is 0.125. The van der Waals surface area contributed by atoms with Crippen LogP contribution in [0, 0.1) is 0 Å². The fourth-order valence-corrected chi connectivity index (χ4v) is 3.63. The Morgan fingerprint density at radius 2 is 1.73 bits per heavy atom. The Bertz CT molecular complexity index is 1130. The molecule has 0 bridgehead atoms. The summed E-state index contributed by atoms with van der Waals surface area (Å²) in [7, 11) is 1.46. The van der Waals surface area contributed by atoms with Gasteiger partial charge in [-0.2, -0.15) is 0 Å². The number of rotatable bonds is 4. The summed E-state index contributed by atoms with van der Waals surface area (Å²) in [5.74, 6) is 0.0417. The maximum absolute atomic E-state index is 12.2. The van der Waals surface area contributed by atoms with Gasteiger partial charge in [-0.05, 0) is 47.0 Å². The van der Waals surface area contributed by atoms with E-state index in [1.54, 1.807) is 42.5 Å². The van der Waals surface area contributed by atoms with Crippen LogP contribution in [0.1, 0.15) is 34.6 Å². The number of fused-ring (bicyclic) bond motifs is 1. The van der Waals surface area contributed by atoms with Gasteiger partial charge < -0.3 is 24.8 Å². The van der Waals surface area contributed by atoms with Crippen molar-refractivity contribution in [2.24, 2.45) is 0 Å². The number of hydrogen-bond acceptors (Lipinski definition) is 6. The molecule has 1 atom stereocenters. The number of phenolic OH excluding ortho intramolecular Hbond substituents is 3. The van der Waals surface area contributed by atoms with Crippen LogP contribution >= 0.6 is 0 Å². The summed E-state index contributed by atoms with van der Waals surface area (Å²) in [5, 5.41) is 29.5. The van der Waals surface area contributed by atoms with E-state index in [2.05, 4.69) is 0 Å². The van der Waals surface area contributed by atoms with Gasteiger partial charge in [-0.15, -0.1) is 0 Å². The minimum absolute atomic E-state index is 0.0121. The predicted octanol–water partition coefficient (Wildman–Crippen LogP) is 4.42. The third kappa shape index (κ3) is 3.80. The van der Waals surface area contributed by atoms with Gasteiger partial charge in [-0.3, -0.25) is 4.79 Å². The maximum Gasteiger partial charge on any atom is 0.312 e. The third-order valence-electron chi connectivity index (χ3n) is 5.06. The van der Waals surface area contributed by atoms with Crippen LogP contribution in [0.25, 0.3) is 12.2 Å². The minimum atomic E-state index is -0.404. The highest BCUT2D eigenvalue weighted by Crippen LogP contribution is 2.44. The van der Waals surface area contributed by atoms with Crippen LogP contribution in [-0.2, 0) is 4.79 Å². The monoisotopic (exact) mass is 404 g/mol. The second-order valence-corrected chi connectivity index (χ2v) is 7.03. The molecule has 3 N–H and O–H groups in total. The van der Waals surface area contributed by atoms with Gasteiger partial charge in [-0.25, -0.2) is 0 Å². The number of ether oxygens (including phenoxy) is 2. The SMILES string of the molecule is COc1cc([C@H]2CC(=O)Oc3cc(O)cc(/C=C/c4ccc(O)cc4)c32)ccc1O. The Kier molecular flexibility index (Phi) is 5.06. The molecule has 0 amide bonds. The molecule has 0 radical (unpaired) electrons. The van der Waals surface area contributed by atoms with E-state index < -0.39 is 5.97 Å². The molecule has 0 aromatic heterocycles. The van der Waals surface area contributed by atoms with Gasteiger partial charge >= 0.3 is 5.97 Å². The van der Waals surface area contributed by atoms with Crippen LogP contribution in [0.15, 0.2) is 54.6 Å². The van der Waals surface area contributed by atoms with Crippen molar-refractivity contribution >= 4 is 18.1 Å². The topological polar surface area (TPSA) is 96.2 Å². The lowest BCUT2D eigenvalue weighted by Gasteiger charge is -2.27. The highest BCUT2D eigenvalue weighted by atomic mass is 16.5. The summed E-state index contributed by atoms with van der Waals surface area (Å²) in [6.45, 7) is 0. The van der Waals surface area contributed by atoms with Gasteiger partial charge in [0.25, 0.3) is 0 Å². The van der Waals surface area contributed by atoms with Crippen LogP contribution < -0.4 is 9.47 Å². The summed E-state index contributed by atoms with van der Waals surface area (Å²) < 4.78 is 10.6. The van der Waals surface area contributed by atoms with E-state index in [9.17, 15) is 20.1 Å². The molecule has 3 aromatic rings. The van der Waals surface area contributed by atoms with Crippen LogP contribution in [0.3, 0.4) is 0 Å². The molecule has 1 heterocycles. The zero-order valence-corrected chi connectivity index (χ0v) is 16.2. The molecule has 0 spiro atoms. The lowest BCUT2D eigenvalue weighted by molar-refractivity contribution is -0.135. The standard InChI is InChI=1S/C24H20O6/c1-29-21-11-15(6-9-20(21)27)19-13-23(28)30-22-12-18(26)10-16(24(19)22)5-2-14-3-7-17(25)8-4-14/h2-12,19,25-27H,13H2,1H3/b5-2+/t19-/m1/s1. The largest absolute Gasteiger partial charge is 0.508 e. The first kappa shape index (κ1) is 19.4. The Labute approximate surface area is 173 Å². The van der Waals surface area contributed by atoms with Gasteiger partial charge in [-0.1, -0.05) is 30.4 Å². The quantitative estimate of drug-likeness (QED) is 0.338. The number of benzene rings is 3. The van der Waals surface area contributed by atoms with Crippen molar-refractivity contribution in [1.82, 2.24) is 0 Å². The van der Waals surface area contributed by atoms with Crippen molar-refractivity contribution in [3.63, 3.8) is 0 Å². The summed E-state index contributed by atoms with van der Waals surface area (Å²) in [6, 6.07) is 14.7. The zero-order chi connectivity index (χ0) is 21.3. The molecule has 0 saturated carbocycles. The van der Waals surface area contributed by atoms with Gasteiger partial charge in [0.05, 0.1) is 13.5 Å². The Balaban J connectivity index is 1.82. The second kappa shape index (κ2) is 7.83. The summed E-state index contributed by atoms with van der Waals surface area (Å²) >= 11 is 0. The number of carbonyl (C=O) groups excluding carboxylic acids is 1. The lowest BCUT2D eigenvalue weighted by atomic mass is 9.83. The van der Waals surface area contributed by atoms with Gasteiger partial charge in [0.2, 0.25) is 0 Å². The third-order valence-corrected chi connectivity index (χ3v) is 5.06. The number of aromatic hydroxyl groups is 3. The van der Waals surface area contributed by atoms with Crippen LogP contribution in [-0.4, -0.2) is 28.4 Å². The first-order valence-electron chi connectivity index (χ1n) is 9.36. The first-order valence-corrected chi connectivity index (χ1v) is 9.36. The molecule has 0 fully saturated rings. The number of carbonyl (C=O) groups is 1. The van der Waals surface area contributed by atoms with E-state index in [4.69, 9.17) is 9.47 Å². The van der Waals surface area contributed by atoms with Gasteiger partial charge in [0.1, 0.15) is 17.2 Å². The molecule has 152 valence electrons. The van der Waals surface area contributed by atoms with Crippen LogP contribution in [0.4, 0.5) is 0 Å². The molecule has 4 rings (SSSR count). The van der Waals surface area contributed by atoms with Crippen molar-refractivity contribution in [1.29, 1.82) is 0 Å². The second-order valence-electron chi connectivity index (χ2n) is 7.03. The molecule has 0 saturated heterocycles. The van der Waals surface area contributed by atoms with E-state index in [-0.39, 0.29) is 29.6 Å². The average molecular weight is 404 g/mol.